The number of hydrogen-bond donors (Lipinski definition) is 3. The van der Waals surface area contributed by atoms with Crippen molar-refractivity contribution in [3.05, 3.63) is 48.5 Å². The minimum absolute atomic E-state index is 0.668. The van der Waals surface area contributed by atoms with Crippen molar-refractivity contribution < 1.29 is 4.90 Å². The molecule has 0 unspecified atom stereocenters. The second kappa shape index (κ2) is 8.38. The Labute approximate surface area is 157 Å². The van der Waals surface area contributed by atoms with Gasteiger partial charge in [-0.2, -0.15) is 0 Å². The lowest BCUT2D eigenvalue weighted by Gasteiger charge is -2.11. The molecule has 0 amide bonds. The summed E-state index contributed by atoms with van der Waals surface area (Å²) in [4.78, 5) is 6.15. The van der Waals surface area contributed by atoms with Gasteiger partial charge in [-0.15, -0.1) is 11.3 Å². The molecule has 0 aliphatic heterocycles. The van der Waals surface area contributed by atoms with E-state index in [9.17, 15) is 0 Å². The maximum absolute atomic E-state index is 5.35. The van der Waals surface area contributed by atoms with E-state index in [1.165, 1.54) is 9.60 Å². The van der Waals surface area contributed by atoms with Crippen LogP contribution in [0.5, 0.6) is 0 Å². The van der Waals surface area contributed by atoms with Crippen molar-refractivity contribution in [2.24, 2.45) is 0 Å². The van der Waals surface area contributed by atoms with Crippen LogP contribution in [-0.4, -0.2) is 37.3 Å². The van der Waals surface area contributed by atoms with Crippen LogP contribution in [0.4, 0.5) is 5.69 Å². The highest BCUT2D eigenvalue weighted by Crippen LogP contribution is 2.30. The van der Waals surface area contributed by atoms with Gasteiger partial charge in [-0.3, -0.25) is 0 Å². The van der Waals surface area contributed by atoms with Crippen LogP contribution < -0.4 is 15.5 Å². The smallest absolute Gasteiger partial charge is 0.170 e. The SMILES string of the molecule is C[NH+](C)CCCNC(=S)Nc1ccc(-c2nc3ccccc3s2)cc1. The fourth-order valence-electron chi connectivity index (χ4n) is 2.51. The Bertz CT molecular complexity index is 807. The van der Waals surface area contributed by atoms with Crippen LogP contribution in [0.15, 0.2) is 48.5 Å². The summed E-state index contributed by atoms with van der Waals surface area (Å²) < 4.78 is 1.21. The Kier molecular flexibility index (Phi) is 5.96. The molecule has 4 nitrogen and oxygen atoms in total. The van der Waals surface area contributed by atoms with Crippen LogP contribution in [-0.2, 0) is 0 Å². The van der Waals surface area contributed by atoms with Crippen molar-refractivity contribution in [1.82, 2.24) is 10.3 Å². The lowest BCUT2D eigenvalue weighted by molar-refractivity contribution is -0.858. The maximum Gasteiger partial charge on any atom is 0.170 e. The monoisotopic (exact) mass is 371 g/mol. The Morgan fingerprint density at radius 1 is 1.12 bits per heavy atom. The van der Waals surface area contributed by atoms with E-state index >= 15 is 0 Å². The highest BCUT2D eigenvalue weighted by atomic mass is 32.1. The molecule has 0 spiro atoms. The van der Waals surface area contributed by atoms with E-state index in [2.05, 4.69) is 42.9 Å². The van der Waals surface area contributed by atoms with Crippen LogP contribution in [0.25, 0.3) is 20.8 Å². The molecular formula is C19H23N4S2+. The zero-order valence-electron chi connectivity index (χ0n) is 14.5. The van der Waals surface area contributed by atoms with Gasteiger partial charge in [-0.1, -0.05) is 12.1 Å². The third-order valence-electron chi connectivity index (χ3n) is 3.82. The number of thiazole rings is 1. The summed E-state index contributed by atoms with van der Waals surface area (Å²) in [5, 5.41) is 8.19. The number of fused-ring (bicyclic) bond motifs is 1. The van der Waals surface area contributed by atoms with Gasteiger partial charge in [0.25, 0.3) is 0 Å². The van der Waals surface area contributed by atoms with Crippen molar-refractivity contribution in [2.45, 2.75) is 6.42 Å². The third-order valence-corrected chi connectivity index (χ3v) is 5.15. The number of para-hydroxylation sites is 1. The molecule has 1 aromatic heterocycles. The van der Waals surface area contributed by atoms with Crippen LogP contribution >= 0.6 is 23.6 Å². The third kappa shape index (κ3) is 4.98. The molecule has 6 heteroatoms. The maximum atomic E-state index is 5.35. The second-order valence-corrected chi connectivity index (χ2v) is 7.69. The molecule has 3 aromatic rings. The molecule has 3 rings (SSSR count). The highest BCUT2D eigenvalue weighted by molar-refractivity contribution is 7.80. The number of benzene rings is 2. The molecule has 0 bridgehead atoms. The average molecular weight is 372 g/mol. The number of aromatic nitrogens is 1. The number of nitrogens with zero attached hydrogens (tertiary/aromatic N) is 1. The molecule has 25 heavy (non-hydrogen) atoms. The molecule has 0 saturated heterocycles. The second-order valence-electron chi connectivity index (χ2n) is 6.26. The van der Waals surface area contributed by atoms with E-state index in [0.29, 0.717) is 5.11 Å². The lowest BCUT2D eigenvalue weighted by Crippen LogP contribution is -3.05. The molecule has 0 saturated carbocycles. The normalized spacial score (nSPS) is 11.0. The van der Waals surface area contributed by atoms with Gasteiger partial charge >= 0.3 is 0 Å². The topological polar surface area (TPSA) is 41.4 Å². The quantitative estimate of drug-likeness (QED) is 0.460. The van der Waals surface area contributed by atoms with E-state index in [0.717, 1.165) is 41.3 Å². The average Bonchev–Trinajstić information content (AvgIpc) is 3.03. The van der Waals surface area contributed by atoms with Gasteiger partial charge in [0.05, 0.1) is 30.9 Å². The fraction of sp³-hybridized carbons (Fsp3) is 0.263. The van der Waals surface area contributed by atoms with Crippen LogP contribution in [0.1, 0.15) is 6.42 Å². The van der Waals surface area contributed by atoms with E-state index < -0.39 is 0 Å². The summed E-state index contributed by atoms with van der Waals surface area (Å²) >= 11 is 7.06. The van der Waals surface area contributed by atoms with Gasteiger partial charge in [0.1, 0.15) is 5.01 Å². The summed E-state index contributed by atoms with van der Waals surface area (Å²) in [6.07, 6.45) is 1.10. The van der Waals surface area contributed by atoms with Gasteiger partial charge in [-0.05, 0) is 48.6 Å². The minimum atomic E-state index is 0.668. The molecule has 0 aliphatic rings. The van der Waals surface area contributed by atoms with E-state index in [1.807, 2.05) is 30.3 Å². The standard InChI is InChI=1S/C19H22N4S2/c1-23(2)13-5-12-20-19(24)21-15-10-8-14(9-11-15)18-22-16-6-3-4-7-17(16)25-18/h3-4,6-11H,5,12-13H2,1-2H3,(H2,20,21,24)/p+1. The van der Waals surface area contributed by atoms with E-state index in [4.69, 9.17) is 17.2 Å². The van der Waals surface area contributed by atoms with Crippen LogP contribution in [0.3, 0.4) is 0 Å². The molecule has 1 heterocycles. The van der Waals surface area contributed by atoms with Crippen molar-refractivity contribution in [1.29, 1.82) is 0 Å². The first-order valence-electron chi connectivity index (χ1n) is 8.42. The molecule has 130 valence electrons. The fourth-order valence-corrected chi connectivity index (χ4v) is 3.70. The highest BCUT2D eigenvalue weighted by Gasteiger charge is 2.06. The van der Waals surface area contributed by atoms with Crippen molar-refractivity contribution in [2.75, 3.05) is 32.5 Å². The molecular weight excluding hydrogens is 348 g/mol. The molecule has 0 atom stereocenters. The minimum Gasteiger partial charge on any atom is -0.362 e. The zero-order valence-corrected chi connectivity index (χ0v) is 16.1. The number of thiocarbonyl (C=S) groups is 1. The van der Waals surface area contributed by atoms with Gasteiger partial charge in [-0.25, -0.2) is 4.98 Å². The van der Waals surface area contributed by atoms with Crippen LogP contribution in [0, 0.1) is 0 Å². The van der Waals surface area contributed by atoms with Gasteiger partial charge in [0.2, 0.25) is 0 Å². The van der Waals surface area contributed by atoms with Crippen LogP contribution in [0.2, 0.25) is 0 Å². The van der Waals surface area contributed by atoms with E-state index in [-0.39, 0.29) is 0 Å². The molecule has 0 aliphatic carbocycles. The summed E-state index contributed by atoms with van der Waals surface area (Å²) in [6.45, 7) is 2.02. The predicted molar refractivity (Wildman–Crippen MR) is 112 cm³/mol. The Morgan fingerprint density at radius 2 is 1.88 bits per heavy atom. The van der Waals surface area contributed by atoms with Gasteiger partial charge < -0.3 is 15.5 Å². The van der Waals surface area contributed by atoms with Crippen molar-refractivity contribution in [3.8, 4) is 10.6 Å². The Morgan fingerprint density at radius 3 is 2.60 bits per heavy atom. The predicted octanol–water partition coefficient (Wildman–Crippen LogP) is 2.78. The summed E-state index contributed by atoms with van der Waals surface area (Å²) in [5.41, 5.74) is 3.16. The van der Waals surface area contributed by atoms with E-state index in [1.54, 1.807) is 11.3 Å². The molecule has 0 radical (unpaired) electrons. The van der Waals surface area contributed by atoms with Gasteiger partial charge in [0, 0.05) is 24.2 Å². The largest absolute Gasteiger partial charge is 0.362 e. The number of quaternary nitrogens is 1. The lowest BCUT2D eigenvalue weighted by atomic mass is 10.2. The summed E-state index contributed by atoms with van der Waals surface area (Å²) in [6, 6.07) is 16.5. The zero-order chi connectivity index (χ0) is 17.6. The Hall–Kier alpha value is -2.02. The first-order chi connectivity index (χ1) is 12.1. The number of anilines is 1. The Balaban J connectivity index is 1.57. The number of rotatable bonds is 6. The summed E-state index contributed by atoms with van der Waals surface area (Å²) in [5.74, 6) is 0. The molecule has 2 aromatic carbocycles. The number of hydrogen-bond acceptors (Lipinski definition) is 3. The number of nitrogens with one attached hydrogen (secondary N) is 3. The molecule has 3 N–H and O–H groups in total. The van der Waals surface area contributed by atoms with Gasteiger partial charge in [0.15, 0.2) is 5.11 Å². The van der Waals surface area contributed by atoms with Crippen molar-refractivity contribution in [3.63, 3.8) is 0 Å². The first-order valence-corrected chi connectivity index (χ1v) is 9.64. The molecule has 0 fully saturated rings. The van der Waals surface area contributed by atoms with Crippen molar-refractivity contribution >= 4 is 44.6 Å². The summed E-state index contributed by atoms with van der Waals surface area (Å²) in [7, 11) is 4.31. The first kappa shape index (κ1) is 17.8.